The van der Waals surface area contributed by atoms with E-state index in [0.717, 1.165) is 42.3 Å². The van der Waals surface area contributed by atoms with Gasteiger partial charge >= 0.3 is 6.16 Å². The lowest BCUT2D eigenvalue weighted by Crippen LogP contribution is -2.15. The summed E-state index contributed by atoms with van der Waals surface area (Å²) >= 11 is 6.98. The summed E-state index contributed by atoms with van der Waals surface area (Å²) < 4.78 is 13.0. The van der Waals surface area contributed by atoms with Crippen molar-refractivity contribution in [3.05, 3.63) is 105 Å². The van der Waals surface area contributed by atoms with Crippen LogP contribution in [0.2, 0.25) is 0 Å². The van der Waals surface area contributed by atoms with Gasteiger partial charge in [0, 0.05) is 33.2 Å². The lowest BCUT2D eigenvalue weighted by atomic mass is 10.0. The summed E-state index contributed by atoms with van der Waals surface area (Å²) in [5, 5.41) is 0. The normalized spacial score (nSPS) is 10.7. The first kappa shape index (κ1) is 24.2. The molecule has 0 bridgehead atoms. The second kappa shape index (κ2) is 11.0. The van der Waals surface area contributed by atoms with E-state index in [1.165, 1.54) is 0 Å². The number of carbonyl (C=O) groups is 1. The topological polar surface area (TPSA) is 87.6 Å². The SMILES string of the molecule is NCc1ccc(-c2cc(Br)ccc2OC(=O)Oc2ccc(Br)cc2-c2ccc(CN)cc2)cc1. The molecule has 0 aliphatic rings. The largest absolute Gasteiger partial charge is 0.519 e. The van der Waals surface area contributed by atoms with Crippen molar-refractivity contribution in [2.75, 3.05) is 0 Å². The van der Waals surface area contributed by atoms with Crippen LogP contribution in [-0.2, 0) is 13.1 Å². The summed E-state index contributed by atoms with van der Waals surface area (Å²) in [7, 11) is 0. The molecule has 0 heterocycles. The van der Waals surface area contributed by atoms with E-state index in [9.17, 15) is 4.79 Å². The van der Waals surface area contributed by atoms with Gasteiger partial charge in [-0.25, -0.2) is 4.79 Å². The Kier molecular flexibility index (Phi) is 7.80. The van der Waals surface area contributed by atoms with Gasteiger partial charge in [0.25, 0.3) is 0 Å². The first-order valence-corrected chi connectivity index (χ1v) is 12.1. The Morgan fingerprint density at radius 2 is 1.00 bits per heavy atom. The molecule has 0 spiro atoms. The number of hydrogen-bond donors (Lipinski definition) is 2. The number of carbonyl (C=O) groups excluding carboxylic acids is 1. The molecule has 4 aromatic rings. The second-order valence-corrected chi connectivity index (χ2v) is 9.37. The minimum absolute atomic E-state index is 0.389. The molecule has 0 saturated heterocycles. The molecule has 0 aliphatic heterocycles. The summed E-state index contributed by atoms with van der Waals surface area (Å²) in [6, 6.07) is 26.4. The molecule has 0 aromatic heterocycles. The van der Waals surface area contributed by atoms with E-state index in [2.05, 4.69) is 31.9 Å². The summed E-state index contributed by atoms with van der Waals surface area (Å²) in [5.41, 5.74) is 16.7. The average molecular weight is 582 g/mol. The molecule has 4 rings (SSSR count). The monoisotopic (exact) mass is 580 g/mol. The fourth-order valence-electron chi connectivity index (χ4n) is 3.47. The quantitative estimate of drug-likeness (QED) is 0.188. The first-order valence-electron chi connectivity index (χ1n) is 10.5. The molecule has 0 atom stereocenters. The third kappa shape index (κ3) is 5.74. The fourth-order valence-corrected chi connectivity index (χ4v) is 4.20. The van der Waals surface area contributed by atoms with Crippen LogP contribution >= 0.6 is 31.9 Å². The summed E-state index contributed by atoms with van der Waals surface area (Å²) in [4.78, 5) is 12.8. The van der Waals surface area contributed by atoms with Crippen LogP contribution < -0.4 is 20.9 Å². The fraction of sp³-hybridized carbons (Fsp3) is 0.0741. The minimum atomic E-state index is -0.829. The predicted octanol–water partition coefficient (Wildman–Crippen LogP) is 7.04. The summed E-state index contributed by atoms with van der Waals surface area (Å²) in [6.45, 7) is 0.915. The van der Waals surface area contributed by atoms with Crippen molar-refractivity contribution in [2.45, 2.75) is 13.1 Å². The Labute approximate surface area is 215 Å². The van der Waals surface area contributed by atoms with Crippen LogP contribution in [-0.4, -0.2) is 6.16 Å². The molecule has 34 heavy (non-hydrogen) atoms. The molecule has 0 unspecified atom stereocenters. The van der Waals surface area contributed by atoms with Crippen LogP contribution in [0.25, 0.3) is 22.3 Å². The molecule has 7 heteroatoms. The van der Waals surface area contributed by atoms with Crippen LogP contribution in [0.5, 0.6) is 11.5 Å². The molecular weight excluding hydrogens is 560 g/mol. The Balaban J connectivity index is 1.60. The third-order valence-electron chi connectivity index (χ3n) is 5.27. The van der Waals surface area contributed by atoms with Crippen molar-refractivity contribution in [3.8, 4) is 33.8 Å². The van der Waals surface area contributed by atoms with Gasteiger partial charge in [-0.15, -0.1) is 0 Å². The van der Waals surface area contributed by atoms with Crippen molar-refractivity contribution >= 4 is 38.0 Å². The molecule has 172 valence electrons. The Bertz CT molecular complexity index is 1210. The van der Waals surface area contributed by atoms with Crippen molar-refractivity contribution in [2.24, 2.45) is 11.5 Å². The molecule has 0 amide bonds. The molecule has 0 aliphatic carbocycles. The van der Waals surface area contributed by atoms with Crippen molar-refractivity contribution in [1.82, 2.24) is 0 Å². The van der Waals surface area contributed by atoms with Gasteiger partial charge in [0.2, 0.25) is 0 Å². The van der Waals surface area contributed by atoms with Gasteiger partial charge in [-0.3, -0.25) is 0 Å². The van der Waals surface area contributed by atoms with Crippen LogP contribution in [0.1, 0.15) is 11.1 Å². The van der Waals surface area contributed by atoms with E-state index < -0.39 is 6.16 Å². The highest BCUT2D eigenvalue weighted by molar-refractivity contribution is 9.10. The van der Waals surface area contributed by atoms with Gasteiger partial charge in [-0.05, 0) is 58.7 Å². The number of nitrogens with two attached hydrogens (primary N) is 2. The summed E-state index contributed by atoms with van der Waals surface area (Å²) in [5.74, 6) is 0.777. The highest BCUT2D eigenvalue weighted by Gasteiger charge is 2.16. The van der Waals surface area contributed by atoms with Gasteiger partial charge in [-0.2, -0.15) is 0 Å². The number of benzene rings is 4. The van der Waals surface area contributed by atoms with Gasteiger partial charge in [0.05, 0.1) is 0 Å². The molecule has 0 fully saturated rings. The van der Waals surface area contributed by atoms with Gasteiger partial charge < -0.3 is 20.9 Å². The van der Waals surface area contributed by atoms with Crippen LogP contribution in [0, 0.1) is 0 Å². The molecule has 4 aromatic carbocycles. The number of rotatable bonds is 6. The highest BCUT2D eigenvalue weighted by atomic mass is 79.9. The standard InChI is InChI=1S/C27H22Br2N2O3/c28-21-9-11-25(23(13-21)19-5-1-17(15-30)2-6-19)33-27(32)34-26-12-10-22(29)14-24(26)20-7-3-18(16-31)4-8-20/h1-14H,15-16,30-31H2. The van der Waals surface area contributed by atoms with E-state index in [-0.39, 0.29) is 0 Å². The molecule has 5 nitrogen and oxygen atoms in total. The molecular formula is C27H22Br2N2O3. The highest BCUT2D eigenvalue weighted by Crippen LogP contribution is 2.35. The zero-order chi connectivity index (χ0) is 24.1. The van der Waals surface area contributed by atoms with Gasteiger partial charge in [0.15, 0.2) is 0 Å². The maximum Gasteiger partial charge on any atom is 0.519 e. The van der Waals surface area contributed by atoms with Crippen LogP contribution in [0.15, 0.2) is 93.9 Å². The van der Waals surface area contributed by atoms with E-state index in [1.54, 1.807) is 12.1 Å². The first-order chi connectivity index (χ1) is 16.5. The molecule has 4 N–H and O–H groups in total. The smallest absolute Gasteiger partial charge is 0.394 e. The van der Waals surface area contributed by atoms with E-state index in [4.69, 9.17) is 20.9 Å². The maximum atomic E-state index is 12.8. The van der Waals surface area contributed by atoms with Crippen molar-refractivity contribution in [3.63, 3.8) is 0 Å². The van der Waals surface area contributed by atoms with E-state index >= 15 is 0 Å². The zero-order valence-corrected chi connectivity index (χ0v) is 21.3. The number of halogens is 2. The van der Waals surface area contributed by atoms with Gasteiger partial charge in [-0.1, -0.05) is 80.4 Å². The number of hydrogen-bond acceptors (Lipinski definition) is 5. The lowest BCUT2D eigenvalue weighted by molar-refractivity contribution is 0.152. The summed E-state index contributed by atoms with van der Waals surface area (Å²) in [6.07, 6.45) is -0.829. The Morgan fingerprint density at radius 3 is 1.35 bits per heavy atom. The predicted molar refractivity (Wildman–Crippen MR) is 142 cm³/mol. The van der Waals surface area contributed by atoms with Crippen LogP contribution in [0.4, 0.5) is 4.79 Å². The number of ether oxygens (including phenoxy) is 2. The van der Waals surface area contributed by atoms with E-state index in [0.29, 0.717) is 24.6 Å². The van der Waals surface area contributed by atoms with Crippen molar-refractivity contribution in [1.29, 1.82) is 0 Å². The molecule has 0 radical (unpaired) electrons. The Morgan fingerprint density at radius 1 is 0.618 bits per heavy atom. The lowest BCUT2D eigenvalue weighted by Gasteiger charge is -2.14. The van der Waals surface area contributed by atoms with E-state index in [1.807, 2.05) is 72.8 Å². The zero-order valence-electron chi connectivity index (χ0n) is 18.1. The molecule has 0 saturated carbocycles. The van der Waals surface area contributed by atoms with Crippen LogP contribution in [0.3, 0.4) is 0 Å². The maximum absolute atomic E-state index is 12.8. The average Bonchev–Trinajstić information content (AvgIpc) is 2.86. The van der Waals surface area contributed by atoms with Gasteiger partial charge in [0.1, 0.15) is 11.5 Å². The second-order valence-electron chi connectivity index (χ2n) is 7.54. The van der Waals surface area contributed by atoms with Crippen molar-refractivity contribution < 1.29 is 14.3 Å². The Hall–Kier alpha value is -2.97. The third-order valence-corrected chi connectivity index (χ3v) is 6.26. The minimum Gasteiger partial charge on any atom is -0.394 e.